The highest BCUT2D eigenvalue weighted by Gasteiger charge is 2.34. The summed E-state index contributed by atoms with van der Waals surface area (Å²) < 4.78 is 0.968. The highest BCUT2D eigenvalue weighted by molar-refractivity contribution is 9.10. The van der Waals surface area contributed by atoms with E-state index in [0.29, 0.717) is 18.0 Å². The Morgan fingerprint density at radius 3 is 2.89 bits per heavy atom. The van der Waals surface area contributed by atoms with E-state index < -0.39 is 0 Å². The number of amides is 1. The summed E-state index contributed by atoms with van der Waals surface area (Å²) in [5.41, 5.74) is 1.13. The molecular weight excluding hydrogens is 304 g/mol. The van der Waals surface area contributed by atoms with E-state index in [1.54, 1.807) is 0 Å². The molecular formula is C15H21BrN2O. The molecule has 0 radical (unpaired) electrons. The van der Waals surface area contributed by atoms with Crippen LogP contribution in [0.3, 0.4) is 0 Å². The fourth-order valence-electron chi connectivity index (χ4n) is 2.69. The number of anilines is 1. The van der Waals surface area contributed by atoms with Gasteiger partial charge in [-0.25, -0.2) is 0 Å². The predicted octanol–water partition coefficient (Wildman–Crippen LogP) is 3.56. The Morgan fingerprint density at radius 2 is 2.26 bits per heavy atom. The third-order valence-corrected chi connectivity index (χ3v) is 4.37. The van der Waals surface area contributed by atoms with Crippen LogP contribution in [0.25, 0.3) is 0 Å². The standard InChI is InChI=1S/C15H21BrN2O/c1-15(2)8-4-7-13(15)17-10-14(19)18-12-6-3-5-11(16)9-12/h3,5-6,9,13,17H,4,7-8,10H2,1-2H3,(H,18,19). The maximum absolute atomic E-state index is 11.9. The lowest BCUT2D eigenvalue weighted by Crippen LogP contribution is -2.41. The average molecular weight is 325 g/mol. The van der Waals surface area contributed by atoms with Crippen molar-refractivity contribution in [1.82, 2.24) is 5.32 Å². The molecule has 1 aromatic carbocycles. The SMILES string of the molecule is CC1(C)CCCC1NCC(=O)Nc1cccc(Br)c1. The van der Waals surface area contributed by atoms with Gasteiger partial charge in [-0.15, -0.1) is 0 Å². The van der Waals surface area contributed by atoms with Crippen molar-refractivity contribution in [3.63, 3.8) is 0 Å². The second-order valence-electron chi connectivity index (χ2n) is 5.87. The number of carbonyl (C=O) groups excluding carboxylic acids is 1. The van der Waals surface area contributed by atoms with Gasteiger partial charge in [0.1, 0.15) is 0 Å². The van der Waals surface area contributed by atoms with Crippen LogP contribution >= 0.6 is 15.9 Å². The third kappa shape index (κ3) is 4.05. The van der Waals surface area contributed by atoms with Gasteiger partial charge in [-0.2, -0.15) is 0 Å². The number of rotatable bonds is 4. The molecule has 1 unspecified atom stereocenters. The number of nitrogens with one attached hydrogen (secondary N) is 2. The van der Waals surface area contributed by atoms with E-state index in [-0.39, 0.29) is 5.91 Å². The average Bonchev–Trinajstić information content (AvgIpc) is 2.66. The maximum Gasteiger partial charge on any atom is 0.238 e. The minimum Gasteiger partial charge on any atom is -0.325 e. The van der Waals surface area contributed by atoms with Crippen molar-refractivity contribution in [2.75, 3.05) is 11.9 Å². The van der Waals surface area contributed by atoms with Crippen LogP contribution in [0, 0.1) is 5.41 Å². The molecule has 1 fully saturated rings. The van der Waals surface area contributed by atoms with Crippen LogP contribution in [0.4, 0.5) is 5.69 Å². The van der Waals surface area contributed by atoms with E-state index in [2.05, 4.69) is 40.4 Å². The normalized spacial score (nSPS) is 21.3. The van der Waals surface area contributed by atoms with Crippen LogP contribution in [0.2, 0.25) is 0 Å². The molecule has 1 saturated carbocycles. The second-order valence-corrected chi connectivity index (χ2v) is 6.79. The fraction of sp³-hybridized carbons (Fsp3) is 0.533. The van der Waals surface area contributed by atoms with Crippen LogP contribution in [-0.2, 0) is 4.79 Å². The molecule has 0 aromatic heterocycles. The van der Waals surface area contributed by atoms with Gasteiger partial charge >= 0.3 is 0 Å². The molecule has 0 bridgehead atoms. The summed E-state index contributed by atoms with van der Waals surface area (Å²) in [6.45, 7) is 4.91. The van der Waals surface area contributed by atoms with Crippen LogP contribution < -0.4 is 10.6 Å². The Hall–Kier alpha value is -0.870. The minimum absolute atomic E-state index is 0.0146. The van der Waals surface area contributed by atoms with Gasteiger partial charge < -0.3 is 10.6 Å². The lowest BCUT2D eigenvalue weighted by atomic mass is 9.87. The van der Waals surface area contributed by atoms with Crippen molar-refractivity contribution in [2.24, 2.45) is 5.41 Å². The third-order valence-electron chi connectivity index (χ3n) is 3.87. The molecule has 0 heterocycles. The molecule has 0 spiro atoms. The lowest BCUT2D eigenvalue weighted by molar-refractivity contribution is -0.115. The van der Waals surface area contributed by atoms with Crippen LogP contribution in [-0.4, -0.2) is 18.5 Å². The molecule has 19 heavy (non-hydrogen) atoms. The molecule has 1 aromatic rings. The largest absolute Gasteiger partial charge is 0.325 e. The molecule has 1 aliphatic rings. The van der Waals surface area contributed by atoms with Gasteiger partial charge in [0.05, 0.1) is 6.54 Å². The van der Waals surface area contributed by atoms with E-state index in [1.807, 2.05) is 24.3 Å². The van der Waals surface area contributed by atoms with Crippen molar-refractivity contribution >= 4 is 27.5 Å². The Bertz CT molecular complexity index is 459. The summed E-state index contributed by atoms with van der Waals surface area (Å²) in [6.07, 6.45) is 3.65. The molecule has 0 saturated heterocycles. The topological polar surface area (TPSA) is 41.1 Å². The number of halogens is 1. The monoisotopic (exact) mass is 324 g/mol. The van der Waals surface area contributed by atoms with E-state index >= 15 is 0 Å². The van der Waals surface area contributed by atoms with Crippen molar-refractivity contribution in [3.05, 3.63) is 28.7 Å². The van der Waals surface area contributed by atoms with Crippen molar-refractivity contribution < 1.29 is 4.79 Å². The van der Waals surface area contributed by atoms with Gasteiger partial charge in [0.15, 0.2) is 0 Å². The summed E-state index contributed by atoms with van der Waals surface area (Å²) in [5, 5.41) is 6.29. The summed E-state index contributed by atoms with van der Waals surface area (Å²) >= 11 is 3.39. The van der Waals surface area contributed by atoms with Gasteiger partial charge in [0.25, 0.3) is 0 Å². The van der Waals surface area contributed by atoms with E-state index in [0.717, 1.165) is 16.6 Å². The minimum atomic E-state index is 0.0146. The molecule has 3 nitrogen and oxygen atoms in total. The number of carbonyl (C=O) groups is 1. The number of hydrogen-bond donors (Lipinski definition) is 2. The van der Waals surface area contributed by atoms with Gasteiger partial charge in [-0.1, -0.05) is 42.3 Å². The summed E-state index contributed by atoms with van der Waals surface area (Å²) in [4.78, 5) is 11.9. The van der Waals surface area contributed by atoms with Crippen molar-refractivity contribution in [3.8, 4) is 0 Å². The van der Waals surface area contributed by atoms with Crippen LogP contribution in [0.1, 0.15) is 33.1 Å². The smallest absolute Gasteiger partial charge is 0.238 e. The molecule has 2 N–H and O–H groups in total. The summed E-state index contributed by atoms with van der Waals surface area (Å²) in [6, 6.07) is 8.09. The van der Waals surface area contributed by atoms with E-state index in [9.17, 15) is 4.79 Å². The second kappa shape index (κ2) is 6.06. The first-order valence-corrected chi connectivity index (χ1v) is 7.55. The van der Waals surface area contributed by atoms with E-state index in [1.165, 1.54) is 12.8 Å². The molecule has 0 aliphatic heterocycles. The molecule has 4 heteroatoms. The van der Waals surface area contributed by atoms with Gasteiger partial charge in [-0.05, 0) is 36.5 Å². The Kier molecular flexibility index (Phi) is 4.63. The highest BCUT2D eigenvalue weighted by atomic mass is 79.9. The van der Waals surface area contributed by atoms with Crippen molar-refractivity contribution in [1.29, 1.82) is 0 Å². The Balaban J connectivity index is 1.82. The number of benzene rings is 1. The van der Waals surface area contributed by atoms with Gasteiger partial charge in [-0.3, -0.25) is 4.79 Å². The molecule has 1 amide bonds. The fourth-order valence-corrected chi connectivity index (χ4v) is 3.09. The highest BCUT2D eigenvalue weighted by Crippen LogP contribution is 2.36. The van der Waals surface area contributed by atoms with Crippen molar-refractivity contribution in [2.45, 2.75) is 39.2 Å². The van der Waals surface area contributed by atoms with Gasteiger partial charge in [0, 0.05) is 16.2 Å². The predicted molar refractivity (Wildman–Crippen MR) is 82.2 cm³/mol. The first-order valence-electron chi connectivity index (χ1n) is 6.76. The van der Waals surface area contributed by atoms with Gasteiger partial charge in [0.2, 0.25) is 5.91 Å². The first-order chi connectivity index (χ1) is 8.97. The zero-order chi connectivity index (χ0) is 13.9. The quantitative estimate of drug-likeness (QED) is 0.889. The first kappa shape index (κ1) is 14.5. The zero-order valence-electron chi connectivity index (χ0n) is 11.5. The summed E-state index contributed by atoms with van der Waals surface area (Å²) in [7, 11) is 0. The van der Waals surface area contributed by atoms with Crippen LogP contribution in [0.15, 0.2) is 28.7 Å². The zero-order valence-corrected chi connectivity index (χ0v) is 13.1. The lowest BCUT2D eigenvalue weighted by Gasteiger charge is -2.27. The Morgan fingerprint density at radius 1 is 1.47 bits per heavy atom. The molecule has 104 valence electrons. The molecule has 1 atom stereocenters. The molecule has 2 rings (SSSR count). The number of hydrogen-bond acceptors (Lipinski definition) is 2. The Labute approximate surface area is 123 Å². The van der Waals surface area contributed by atoms with Crippen LogP contribution in [0.5, 0.6) is 0 Å². The maximum atomic E-state index is 11.9. The van der Waals surface area contributed by atoms with E-state index in [4.69, 9.17) is 0 Å². The molecule has 1 aliphatic carbocycles. The summed E-state index contributed by atoms with van der Waals surface area (Å²) in [5.74, 6) is 0.0146.